The van der Waals surface area contributed by atoms with Crippen molar-refractivity contribution in [1.29, 1.82) is 0 Å². The molecule has 0 radical (unpaired) electrons. The molecule has 3 aromatic heterocycles. The number of fused-ring (bicyclic) bond motifs is 1. The lowest BCUT2D eigenvalue weighted by molar-refractivity contribution is 0.0990. The highest BCUT2D eigenvalue weighted by Crippen LogP contribution is 2.35. The quantitative estimate of drug-likeness (QED) is 0.219. The molecule has 0 saturated carbocycles. The first-order valence-corrected chi connectivity index (χ1v) is 15.1. The Kier molecular flexibility index (Phi) is 7.61. The van der Waals surface area contributed by atoms with E-state index in [9.17, 15) is 22.4 Å². The van der Waals surface area contributed by atoms with Crippen LogP contribution in [0.3, 0.4) is 0 Å². The van der Waals surface area contributed by atoms with Crippen molar-refractivity contribution in [3.8, 4) is 28.3 Å². The zero-order valence-electron chi connectivity index (χ0n) is 23.6. The van der Waals surface area contributed by atoms with Crippen molar-refractivity contribution in [3.05, 3.63) is 142 Å². The molecular formula is C33H24F2N4O5S. The lowest BCUT2D eigenvalue weighted by Gasteiger charge is -2.12. The average Bonchev–Trinajstić information content (AvgIpc) is 3.44. The smallest absolute Gasteiger partial charge is 0.266 e. The Morgan fingerprint density at radius 1 is 0.933 bits per heavy atom. The standard InChI is InChI=1S/C33H24F2N4O5S/c1-20-12-15-38(24-8-6-23(34)7-9-24)33(41)31(20)28(40)18-21-5-10-29(27(35)17-21)44-30-11-14-37-39-16-13-26(32(30)39)22-3-2-4-25(19-22)45(36,42)43/h2-17,19H,18H2,1H3,(H2,36,42,43). The summed E-state index contributed by atoms with van der Waals surface area (Å²) in [5.74, 6) is -1.58. The largest absolute Gasteiger partial charge is 0.452 e. The summed E-state index contributed by atoms with van der Waals surface area (Å²) in [6.45, 7) is 1.64. The van der Waals surface area contributed by atoms with E-state index >= 15 is 4.39 Å². The van der Waals surface area contributed by atoms with E-state index in [1.807, 2.05) is 0 Å². The van der Waals surface area contributed by atoms with Gasteiger partial charge in [-0.2, -0.15) is 5.10 Å². The molecule has 0 fully saturated rings. The minimum atomic E-state index is -3.94. The molecule has 0 bridgehead atoms. The predicted octanol–water partition coefficient (Wildman–Crippen LogP) is 5.60. The minimum absolute atomic E-state index is 0.0472. The van der Waals surface area contributed by atoms with Crippen LogP contribution in [0.15, 0.2) is 113 Å². The predicted molar refractivity (Wildman–Crippen MR) is 163 cm³/mol. The van der Waals surface area contributed by atoms with Gasteiger partial charge in [-0.3, -0.25) is 14.2 Å². The van der Waals surface area contributed by atoms with Gasteiger partial charge < -0.3 is 4.74 Å². The Labute approximate surface area is 255 Å². The monoisotopic (exact) mass is 626 g/mol. The van der Waals surface area contributed by atoms with Crippen LogP contribution in [0.4, 0.5) is 8.78 Å². The van der Waals surface area contributed by atoms with Crippen molar-refractivity contribution in [2.45, 2.75) is 18.2 Å². The number of halogens is 2. The lowest BCUT2D eigenvalue weighted by Crippen LogP contribution is -2.27. The summed E-state index contributed by atoms with van der Waals surface area (Å²) in [4.78, 5) is 26.4. The third kappa shape index (κ3) is 5.88. The van der Waals surface area contributed by atoms with Gasteiger partial charge in [0.05, 0.1) is 16.7 Å². The zero-order valence-corrected chi connectivity index (χ0v) is 24.5. The third-order valence-electron chi connectivity index (χ3n) is 7.26. The number of pyridine rings is 1. The number of sulfonamides is 1. The van der Waals surface area contributed by atoms with Gasteiger partial charge in [0, 0.05) is 36.1 Å². The Morgan fingerprint density at radius 2 is 1.71 bits per heavy atom. The third-order valence-corrected chi connectivity index (χ3v) is 8.17. The molecule has 226 valence electrons. The summed E-state index contributed by atoms with van der Waals surface area (Å²) in [5.41, 5.74) is 2.14. The number of aryl methyl sites for hydroxylation is 1. The fraction of sp³-hybridized carbons (Fsp3) is 0.0606. The van der Waals surface area contributed by atoms with E-state index in [2.05, 4.69) is 5.10 Å². The Morgan fingerprint density at radius 3 is 2.44 bits per heavy atom. The van der Waals surface area contributed by atoms with Gasteiger partial charge in [0.15, 0.2) is 23.1 Å². The highest BCUT2D eigenvalue weighted by atomic mass is 32.2. The van der Waals surface area contributed by atoms with Crippen molar-refractivity contribution in [2.24, 2.45) is 5.14 Å². The van der Waals surface area contributed by atoms with Crippen molar-refractivity contribution in [3.63, 3.8) is 0 Å². The maximum atomic E-state index is 15.4. The van der Waals surface area contributed by atoms with E-state index < -0.39 is 33.0 Å². The van der Waals surface area contributed by atoms with E-state index in [4.69, 9.17) is 9.88 Å². The lowest BCUT2D eigenvalue weighted by atomic mass is 10.0. The Hall–Kier alpha value is -5.46. The molecule has 0 aliphatic carbocycles. The summed E-state index contributed by atoms with van der Waals surface area (Å²) in [7, 11) is -3.94. The molecule has 0 amide bonds. The second-order valence-electron chi connectivity index (χ2n) is 10.3. The van der Waals surface area contributed by atoms with Crippen LogP contribution >= 0.6 is 0 Å². The molecular weight excluding hydrogens is 602 g/mol. The molecule has 6 rings (SSSR count). The van der Waals surface area contributed by atoms with Gasteiger partial charge in [0.1, 0.15) is 11.3 Å². The maximum Gasteiger partial charge on any atom is 0.266 e. The maximum absolute atomic E-state index is 15.4. The van der Waals surface area contributed by atoms with Crippen molar-refractivity contribution >= 4 is 21.3 Å². The number of hydrogen-bond donors (Lipinski definition) is 1. The van der Waals surface area contributed by atoms with Crippen LogP contribution in [-0.2, 0) is 16.4 Å². The molecule has 0 aliphatic heterocycles. The molecule has 6 aromatic rings. The number of primary sulfonamides is 1. The number of carbonyl (C=O) groups is 1. The number of rotatable bonds is 8. The van der Waals surface area contributed by atoms with Gasteiger partial charge in [-0.05, 0) is 84.3 Å². The number of benzene rings is 3. The summed E-state index contributed by atoms with van der Waals surface area (Å²) in [6, 6.07) is 20.3. The van der Waals surface area contributed by atoms with Gasteiger partial charge in [0.2, 0.25) is 10.0 Å². The van der Waals surface area contributed by atoms with Crippen LogP contribution in [0, 0.1) is 18.6 Å². The number of carbonyl (C=O) groups excluding carboxylic acids is 1. The molecule has 0 aliphatic rings. The van der Waals surface area contributed by atoms with Gasteiger partial charge >= 0.3 is 0 Å². The number of ether oxygens (including phenoxy) is 1. The number of ketones is 1. The fourth-order valence-electron chi connectivity index (χ4n) is 5.07. The van der Waals surface area contributed by atoms with E-state index in [1.54, 1.807) is 43.5 Å². The van der Waals surface area contributed by atoms with Crippen LogP contribution in [0.5, 0.6) is 11.5 Å². The average molecular weight is 627 g/mol. The summed E-state index contributed by atoms with van der Waals surface area (Å²) < 4.78 is 61.3. The number of aromatic nitrogens is 3. The number of Topliss-reactive ketones (excluding diaryl/α,β-unsaturated/α-hetero) is 1. The SMILES string of the molecule is Cc1ccn(-c2ccc(F)cc2)c(=O)c1C(=O)Cc1ccc(Oc2ccnn3ccc(-c4cccc(S(N)(=O)=O)c4)c23)c(F)c1. The molecule has 0 atom stereocenters. The second-order valence-corrected chi connectivity index (χ2v) is 11.8. The molecule has 45 heavy (non-hydrogen) atoms. The van der Waals surface area contributed by atoms with E-state index in [-0.39, 0.29) is 28.4 Å². The second kappa shape index (κ2) is 11.6. The van der Waals surface area contributed by atoms with E-state index in [0.29, 0.717) is 33.5 Å². The molecule has 12 heteroatoms. The molecule has 9 nitrogen and oxygen atoms in total. The fourth-order valence-corrected chi connectivity index (χ4v) is 5.63. The summed E-state index contributed by atoms with van der Waals surface area (Å²) in [6.07, 6.45) is 4.39. The van der Waals surface area contributed by atoms with Gasteiger partial charge in [0.25, 0.3) is 5.56 Å². The highest BCUT2D eigenvalue weighted by Gasteiger charge is 2.20. The number of nitrogens with two attached hydrogens (primary N) is 1. The van der Waals surface area contributed by atoms with Gasteiger partial charge in [-0.1, -0.05) is 18.2 Å². The molecule has 0 spiro atoms. The minimum Gasteiger partial charge on any atom is -0.452 e. The summed E-state index contributed by atoms with van der Waals surface area (Å²) >= 11 is 0. The van der Waals surface area contributed by atoms with Crippen molar-refractivity contribution < 1.29 is 26.7 Å². The van der Waals surface area contributed by atoms with Gasteiger partial charge in [-0.15, -0.1) is 0 Å². The van der Waals surface area contributed by atoms with E-state index in [0.717, 1.165) is 6.07 Å². The van der Waals surface area contributed by atoms with Crippen molar-refractivity contribution in [1.82, 2.24) is 14.2 Å². The number of hydrogen-bond acceptors (Lipinski definition) is 6. The zero-order chi connectivity index (χ0) is 31.9. The normalized spacial score (nSPS) is 11.6. The molecule has 2 N–H and O–H groups in total. The van der Waals surface area contributed by atoms with E-state index in [1.165, 1.54) is 70.0 Å². The Balaban J connectivity index is 1.28. The molecule has 3 aromatic carbocycles. The first-order chi connectivity index (χ1) is 21.5. The van der Waals surface area contributed by atoms with Gasteiger partial charge in [-0.25, -0.2) is 26.9 Å². The van der Waals surface area contributed by atoms with Crippen LogP contribution in [-0.4, -0.2) is 28.4 Å². The molecule has 3 heterocycles. The highest BCUT2D eigenvalue weighted by molar-refractivity contribution is 7.89. The topological polar surface area (TPSA) is 126 Å². The first kappa shape index (κ1) is 29.6. The van der Waals surface area contributed by atoms with Crippen LogP contribution in [0.1, 0.15) is 21.5 Å². The summed E-state index contributed by atoms with van der Waals surface area (Å²) in [5, 5.41) is 9.57. The Bertz CT molecular complexity index is 2280. The first-order valence-electron chi connectivity index (χ1n) is 13.6. The molecule has 0 unspecified atom stereocenters. The van der Waals surface area contributed by atoms with Crippen molar-refractivity contribution in [2.75, 3.05) is 0 Å². The number of nitrogens with zero attached hydrogens (tertiary/aromatic N) is 3. The van der Waals surface area contributed by atoms with Crippen LogP contribution in [0.2, 0.25) is 0 Å². The van der Waals surface area contributed by atoms with Crippen LogP contribution < -0.4 is 15.4 Å². The van der Waals surface area contributed by atoms with Crippen LogP contribution in [0.25, 0.3) is 22.3 Å². The molecule has 0 saturated heterocycles.